The van der Waals surface area contributed by atoms with Crippen LogP contribution in [0.15, 0.2) is 42.5 Å². The summed E-state index contributed by atoms with van der Waals surface area (Å²) in [6.07, 6.45) is 0. The van der Waals surface area contributed by atoms with Crippen LogP contribution in [0.2, 0.25) is 0 Å². The predicted molar refractivity (Wildman–Crippen MR) is 63.5 cm³/mol. The van der Waals surface area contributed by atoms with E-state index in [1.165, 1.54) is 16.3 Å². The van der Waals surface area contributed by atoms with Gasteiger partial charge in [-0.3, -0.25) is 0 Å². The number of fused-ring (bicyclic) bond motifs is 1. The summed E-state index contributed by atoms with van der Waals surface area (Å²) in [5.41, 5.74) is 1.33. The third-order valence-corrected chi connectivity index (χ3v) is 3.07. The molecule has 1 aliphatic heterocycles. The fourth-order valence-electron chi connectivity index (χ4n) is 2.27. The van der Waals surface area contributed by atoms with Crippen molar-refractivity contribution in [1.82, 2.24) is 0 Å². The lowest BCUT2D eigenvalue weighted by Gasteiger charge is -2.23. The minimum Gasteiger partial charge on any atom is -0.355 e. The van der Waals surface area contributed by atoms with Crippen LogP contribution in [-0.4, -0.2) is 20.0 Å². The van der Waals surface area contributed by atoms with Crippen LogP contribution in [0.3, 0.4) is 0 Å². The molecule has 1 aliphatic rings. The lowest BCUT2D eigenvalue weighted by Crippen LogP contribution is -2.22. The smallest absolute Gasteiger partial charge is 0.146 e. The number of rotatable bonds is 1. The SMILES string of the molecule is c1ccc2c(C3COCOC3)cccc2c1. The predicted octanol–water partition coefficient (Wildman–Crippen LogP) is 2.93. The Morgan fingerprint density at radius 1 is 0.875 bits per heavy atom. The molecule has 0 spiro atoms. The van der Waals surface area contributed by atoms with Gasteiger partial charge in [0.2, 0.25) is 0 Å². The van der Waals surface area contributed by atoms with Crippen molar-refractivity contribution >= 4 is 10.8 Å². The van der Waals surface area contributed by atoms with E-state index in [1.54, 1.807) is 0 Å². The summed E-state index contributed by atoms with van der Waals surface area (Å²) in [5, 5.41) is 2.59. The number of hydrogen-bond acceptors (Lipinski definition) is 2. The highest BCUT2D eigenvalue weighted by atomic mass is 16.7. The lowest BCUT2D eigenvalue weighted by atomic mass is 9.94. The fourth-order valence-corrected chi connectivity index (χ4v) is 2.27. The molecule has 0 radical (unpaired) electrons. The maximum absolute atomic E-state index is 5.36. The third-order valence-electron chi connectivity index (χ3n) is 3.07. The van der Waals surface area contributed by atoms with Crippen molar-refractivity contribution in [2.75, 3.05) is 20.0 Å². The maximum atomic E-state index is 5.36. The largest absolute Gasteiger partial charge is 0.355 e. The van der Waals surface area contributed by atoms with Crippen LogP contribution in [0.5, 0.6) is 0 Å². The Kier molecular flexibility index (Phi) is 2.60. The highest BCUT2D eigenvalue weighted by Gasteiger charge is 2.18. The van der Waals surface area contributed by atoms with Gasteiger partial charge in [-0.2, -0.15) is 0 Å². The van der Waals surface area contributed by atoms with E-state index < -0.39 is 0 Å². The summed E-state index contributed by atoms with van der Waals surface area (Å²) >= 11 is 0. The fraction of sp³-hybridized carbons (Fsp3) is 0.286. The van der Waals surface area contributed by atoms with Crippen molar-refractivity contribution in [3.63, 3.8) is 0 Å². The molecule has 2 nitrogen and oxygen atoms in total. The van der Waals surface area contributed by atoms with Crippen LogP contribution in [0.4, 0.5) is 0 Å². The zero-order chi connectivity index (χ0) is 10.8. The Morgan fingerprint density at radius 3 is 2.50 bits per heavy atom. The second-order valence-corrected chi connectivity index (χ2v) is 4.12. The Morgan fingerprint density at radius 2 is 1.62 bits per heavy atom. The van der Waals surface area contributed by atoms with Gasteiger partial charge >= 0.3 is 0 Å². The first-order valence-electron chi connectivity index (χ1n) is 5.58. The summed E-state index contributed by atoms with van der Waals surface area (Å²) in [6.45, 7) is 1.95. The molecule has 2 aromatic rings. The monoisotopic (exact) mass is 214 g/mol. The first-order chi connectivity index (χ1) is 7.95. The van der Waals surface area contributed by atoms with Gasteiger partial charge in [0.25, 0.3) is 0 Å². The Labute approximate surface area is 94.8 Å². The van der Waals surface area contributed by atoms with Crippen LogP contribution < -0.4 is 0 Å². The second kappa shape index (κ2) is 4.24. The van der Waals surface area contributed by atoms with E-state index in [1.807, 2.05) is 0 Å². The Hall–Kier alpha value is -1.38. The van der Waals surface area contributed by atoms with Crippen LogP contribution >= 0.6 is 0 Å². The molecule has 0 bridgehead atoms. The van der Waals surface area contributed by atoms with Gasteiger partial charge in [0, 0.05) is 5.92 Å². The van der Waals surface area contributed by atoms with Crippen LogP contribution in [0, 0.1) is 0 Å². The average molecular weight is 214 g/mol. The van der Waals surface area contributed by atoms with E-state index in [-0.39, 0.29) is 0 Å². The topological polar surface area (TPSA) is 18.5 Å². The molecule has 0 aliphatic carbocycles. The first kappa shape index (κ1) is 9.82. The summed E-state index contributed by atoms with van der Waals surface area (Å²) in [4.78, 5) is 0. The van der Waals surface area contributed by atoms with Crippen molar-refractivity contribution < 1.29 is 9.47 Å². The van der Waals surface area contributed by atoms with Crippen molar-refractivity contribution in [3.05, 3.63) is 48.0 Å². The molecule has 0 unspecified atom stereocenters. The van der Waals surface area contributed by atoms with Crippen molar-refractivity contribution in [3.8, 4) is 0 Å². The zero-order valence-corrected chi connectivity index (χ0v) is 9.06. The molecule has 1 heterocycles. The maximum Gasteiger partial charge on any atom is 0.146 e. The summed E-state index contributed by atoms with van der Waals surface area (Å²) < 4.78 is 10.7. The zero-order valence-electron chi connectivity index (χ0n) is 9.06. The van der Waals surface area contributed by atoms with Gasteiger partial charge in [-0.05, 0) is 16.3 Å². The molecule has 3 rings (SSSR count). The van der Waals surface area contributed by atoms with Gasteiger partial charge in [0.05, 0.1) is 13.2 Å². The molecule has 16 heavy (non-hydrogen) atoms. The number of ether oxygens (including phenoxy) is 2. The van der Waals surface area contributed by atoms with Crippen LogP contribution in [0.1, 0.15) is 11.5 Å². The van der Waals surface area contributed by atoms with Crippen LogP contribution in [-0.2, 0) is 9.47 Å². The lowest BCUT2D eigenvalue weighted by molar-refractivity contribution is -0.108. The molecule has 1 saturated heterocycles. The highest BCUT2D eigenvalue weighted by molar-refractivity contribution is 5.86. The molecule has 0 amide bonds. The minimum atomic E-state index is 0.361. The molecule has 1 fully saturated rings. The molecule has 0 aromatic heterocycles. The Bertz CT molecular complexity index is 482. The highest BCUT2D eigenvalue weighted by Crippen LogP contribution is 2.27. The summed E-state index contributed by atoms with van der Waals surface area (Å²) in [5.74, 6) is 0.361. The number of hydrogen-bond donors (Lipinski definition) is 0. The van der Waals surface area contributed by atoms with E-state index >= 15 is 0 Å². The third kappa shape index (κ3) is 1.70. The second-order valence-electron chi connectivity index (χ2n) is 4.12. The normalized spacial score (nSPS) is 17.8. The number of benzene rings is 2. The van der Waals surface area contributed by atoms with E-state index in [0.29, 0.717) is 12.7 Å². The van der Waals surface area contributed by atoms with E-state index in [2.05, 4.69) is 42.5 Å². The molecule has 0 atom stereocenters. The van der Waals surface area contributed by atoms with Crippen LogP contribution in [0.25, 0.3) is 10.8 Å². The molecule has 82 valence electrons. The average Bonchev–Trinajstić information content (AvgIpc) is 2.39. The molecule has 0 N–H and O–H groups in total. The first-order valence-corrected chi connectivity index (χ1v) is 5.58. The van der Waals surface area contributed by atoms with Gasteiger partial charge < -0.3 is 9.47 Å². The van der Waals surface area contributed by atoms with Gasteiger partial charge in [0.1, 0.15) is 6.79 Å². The van der Waals surface area contributed by atoms with Gasteiger partial charge in [-0.15, -0.1) is 0 Å². The summed E-state index contributed by atoms with van der Waals surface area (Å²) in [6, 6.07) is 14.9. The molecular weight excluding hydrogens is 200 g/mol. The molecule has 0 saturated carbocycles. The van der Waals surface area contributed by atoms with E-state index in [4.69, 9.17) is 9.47 Å². The van der Waals surface area contributed by atoms with Gasteiger partial charge in [-0.25, -0.2) is 0 Å². The van der Waals surface area contributed by atoms with E-state index in [9.17, 15) is 0 Å². The quantitative estimate of drug-likeness (QED) is 0.726. The minimum absolute atomic E-state index is 0.361. The summed E-state index contributed by atoms with van der Waals surface area (Å²) in [7, 11) is 0. The van der Waals surface area contributed by atoms with Crippen molar-refractivity contribution in [2.45, 2.75) is 5.92 Å². The standard InChI is InChI=1S/C14H14O2/c1-2-6-13-11(4-1)5-3-7-14(13)12-8-15-10-16-9-12/h1-7,12H,8-10H2. The molecule has 2 aromatic carbocycles. The van der Waals surface area contributed by atoms with Crippen molar-refractivity contribution in [1.29, 1.82) is 0 Å². The van der Waals surface area contributed by atoms with Crippen molar-refractivity contribution in [2.24, 2.45) is 0 Å². The van der Waals surface area contributed by atoms with E-state index in [0.717, 1.165) is 13.2 Å². The Balaban J connectivity index is 2.08. The molecule has 2 heteroatoms. The molecular formula is C14H14O2. The van der Waals surface area contributed by atoms with Gasteiger partial charge in [0.15, 0.2) is 0 Å². The van der Waals surface area contributed by atoms with Gasteiger partial charge in [-0.1, -0.05) is 42.5 Å².